The number of ether oxygens (including phenoxy) is 1. The van der Waals surface area contributed by atoms with Gasteiger partial charge in [0.25, 0.3) is 0 Å². The lowest BCUT2D eigenvalue weighted by Gasteiger charge is -2.12. The molecule has 0 amide bonds. The molecule has 0 aromatic heterocycles. The minimum absolute atomic E-state index is 0.00536. The summed E-state index contributed by atoms with van der Waals surface area (Å²) < 4.78 is 5.63. The van der Waals surface area contributed by atoms with Crippen molar-refractivity contribution in [2.45, 2.75) is 26.9 Å². The van der Waals surface area contributed by atoms with Gasteiger partial charge in [-0.3, -0.25) is 0 Å². The van der Waals surface area contributed by atoms with Crippen LogP contribution >= 0.6 is 0 Å². The zero-order valence-electron chi connectivity index (χ0n) is 10.8. The first-order valence-corrected chi connectivity index (χ1v) is 5.59. The van der Waals surface area contributed by atoms with Crippen LogP contribution < -0.4 is 21.9 Å². The molecule has 1 rings (SSSR count). The molecule has 1 aromatic carbocycles. The van der Waals surface area contributed by atoms with Crippen LogP contribution in [0.2, 0.25) is 0 Å². The van der Waals surface area contributed by atoms with Gasteiger partial charge in [-0.2, -0.15) is 4.99 Å². The highest BCUT2D eigenvalue weighted by Crippen LogP contribution is 2.29. The van der Waals surface area contributed by atoms with E-state index in [1.54, 1.807) is 0 Å². The second-order valence-corrected chi connectivity index (χ2v) is 4.14. The van der Waals surface area contributed by atoms with E-state index in [9.17, 15) is 0 Å². The third-order valence-corrected chi connectivity index (χ3v) is 1.96. The fraction of sp³-hybridized carbons (Fsp3) is 0.333. The van der Waals surface area contributed by atoms with E-state index in [4.69, 9.17) is 21.9 Å². The average Bonchev–Trinajstić information content (AvgIpc) is 2.20. The van der Waals surface area contributed by atoms with Gasteiger partial charge in [-0.05, 0) is 38.5 Å². The van der Waals surface area contributed by atoms with Crippen molar-refractivity contribution < 1.29 is 4.74 Å². The first-order chi connectivity index (χ1) is 8.38. The summed E-state index contributed by atoms with van der Waals surface area (Å²) in [5, 5.41) is 0. The number of hydrogen-bond donors (Lipinski definition) is 3. The summed E-state index contributed by atoms with van der Waals surface area (Å²) >= 11 is 0. The molecule has 0 aliphatic carbocycles. The predicted molar refractivity (Wildman–Crippen MR) is 74.0 cm³/mol. The second kappa shape index (κ2) is 5.90. The summed E-state index contributed by atoms with van der Waals surface area (Å²) in [4.78, 5) is 7.80. The van der Waals surface area contributed by atoms with Crippen molar-refractivity contribution in [3.8, 4) is 5.75 Å². The van der Waals surface area contributed by atoms with E-state index in [1.807, 2.05) is 39.0 Å². The Balaban J connectivity index is 3.13. The SMILES string of the molecule is Cc1ccc(OC(C)C)c(N=C(N)N=C(N)N)c1. The van der Waals surface area contributed by atoms with Crippen molar-refractivity contribution in [2.24, 2.45) is 27.2 Å². The molecule has 0 fully saturated rings. The normalized spacial score (nSPS) is 11.4. The molecule has 0 radical (unpaired) electrons. The van der Waals surface area contributed by atoms with Crippen LogP contribution in [0.25, 0.3) is 0 Å². The molecule has 98 valence electrons. The summed E-state index contributed by atoms with van der Waals surface area (Å²) in [6.07, 6.45) is 0.0472. The number of aryl methyl sites for hydroxylation is 1. The molecule has 0 bridgehead atoms. The fourth-order valence-corrected chi connectivity index (χ4v) is 1.35. The van der Waals surface area contributed by atoms with E-state index < -0.39 is 0 Å². The molecule has 0 atom stereocenters. The van der Waals surface area contributed by atoms with Gasteiger partial charge in [0.05, 0.1) is 6.10 Å². The molecule has 6 N–H and O–H groups in total. The third kappa shape index (κ3) is 4.32. The molecule has 0 saturated carbocycles. The van der Waals surface area contributed by atoms with E-state index in [2.05, 4.69) is 9.98 Å². The Bertz CT molecular complexity index is 475. The zero-order chi connectivity index (χ0) is 13.7. The number of benzene rings is 1. The van der Waals surface area contributed by atoms with Crippen molar-refractivity contribution in [3.05, 3.63) is 23.8 Å². The molecule has 0 aliphatic heterocycles. The van der Waals surface area contributed by atoms with Crippen LogP contribution in [0.15, 0.2) is 28.2 Å². The van der Waals surface area contributed by atoms with E-state index in [-0.39, 0.29) is 18.0 Å². The first-order valence-electron chi connectivity index (χ1n) is 5.59. The lowest BCUT2D eigenvalue weighted by atomic mass is 10.2. The Labute approximate surface area is 107 Å². The van der Waals surface area contributed by atoms with E-state index in [0.717, 1.165) is 5.56 Å². The van der Waals surface area contributed by atoms with Crippen molar-refractivity contribution >= 4 is 17.6 Å². The first kappa shape index (κ1) is 13.8. The Kier molecular flexibility index (Phi) is 4.53. The Hall–Kier alpha value is -2.24. The molecule has 0 aliphatic rings. The van der Waals surface area contributed by atoms with Crippen molar-refractivity contribution in [2.75, 3.05) is 0 Å². The number of rotatable bonds is 3. The van der Waals surface area contributed by atoms with Crippen LogP contribution in [-0.2, 0) is 0 Å². The van der Waals surface area contributed by atoms with Crippen LogP contribution in [0.4, 0.5) is 5.69 Å². The van der Waals surface area contributed by atoms with Crippen molar-refractivity contribution in [1.82, 2.24) is 0 Å². The number of hydrogen-bond acceptors (Lipinski definition) is 2. The Morgan fingerprint density at radius 2 is 1.89 bits per heavy atom. The topological polar surface area (TPSA) is 112 Å². The molecule has 0 saturated heterocycles. The lowest BCUT2D eigenvalue weighted by molar-refractivity contribution is 0.243. The van der Waals surface area contributed by atoms with Crippen LogP contribution in [0.3, 0.4) is 0 Å². The molecule has 6 heteroatoms. The number of nitrogens with two attached hydrogens (primary N) is 3. The fourth-order valence-electron chi connectivity index (χ4n) is 1.35. The summed E-state index contributed by atoms with van der Waals surface area (Å²) in [7, 11) is 0. The van der Waals surface area contributed by atoms with Gasteiger partial charge < -0.3 is 21.9 Å². The Morgan fingerprint density at radius 1 is 1.22 bits per heavy atom. The van der Waals surface area contributed by atoms with Gasteiger partial charge in [-0.25, -0.2) is 4.99 Å². The lowest BCUT2D eigenvalue weighted by Crippen LogP contribution is -2.26. The third-order valence-electron chi connectivity index (χ3n) is 1.96. The van der Waals surface area contributed by atoms with E-state index in [1.165, 1.54) is 0 Å². The second-order valence-electron chi connectivity index (χ2n) is 4.14. The molecule has 0 spiro atoms. The predicted octanol–water partition coefficient (Wildman–Crippen LogP) is 1.00. The number of aliphatic imine (C=N–C) groups is 2. The average molecular weight is 249 g/mol. The minimum atomic E-state index is -0.129. The number of guanidine groups is 2. The van der Waals surface area contributed by atoms with Gasteiger partial charge in [0.2, 0.25) is 5.96 Å². The van der Waals surface area contributed by atoms with Crippen LogP contribution in [0.5, 0.6) is 5.75 Å². The maximum Gasteiger partial charge on any atom is 0.223 e. The molecule has 6 nitrogen and oxygen atoms in total. The van der Waals surface area contributed by atoms with E-state index in [0.29, 0.717) is 11.4 Å². The van der Waals surface area contributed by atoms with Crippen molar-refractivity contribution in [3.63, 3.8) is 0 Å². The van der Waals surface area contributed by atoms with Crippen LogP contribution in [-0.4, -0.2) is 18.0 Å². The summed E-state index contributed by atoms with van der Waals surface area (Å²) in [5.41, 5.74) is 17.7. The molecule has 0 unspecified atom stereocenters. The van der Waals surface area contributed by atoms with Gasteiger partial charge >= 0.3 is 0 Å². The van der Waals surface area contributed by atoms with Gasteiger partial charge in [-0.1, -0.05) is 6.07 Å². The highest BCUT2D eigenvalue weighted by Gasteiger charge is 2.06. The van der Waals surface area contributed by atoms with Gasteiger partial charge in [0.1, 0.15) is 11.4 Å². The molecule has 1 aromatic rings. The maximum atomic E-state index is 5.63. The number of nitrogens with zero attached hydrogens (tertiary/aromatic N) is 2. The van der Waals surface area contributed by atoms with Gasteiger partial charge in [-0.15, -0.1) is 0 Å². The minimum Gasteiger partial charge on any atom is -0.489 e. The van der Waals surface area contributed by atoms with Crippen LogP contribution in [0.1, 0.15) is 19.4 Å². The summed E-state index contributed by atoms with van der Waals surface area (Å²) in [6, 6.07) is 5.64. The monoisotopic (exact) mass is 249 g/mol. The summed E-state index contributed by atoms with van der Waals surface area (Å²) in [6.45, 7) is 5.83. The zero-order valence-corrected chi connectivity index (χ0v) is 10.8. The highest BCUT2D eigenvalue weighted by molar-refractivity contribution is 5.93. The van der Waals surface area contributed by atoms with Gasteiger partial charge in [0, 0.05) is 0 Å². The smallest absolute Gasteiger partial charge is 0.223 e. The van der Waals surface area contributed by atoms with Crippen LogP contribution in [0, 0.1) is 6.92 Å². The molecular formula is C12H19N5O. The largest absolute Gasteiger partial charge is 0.489 e. The van der Waals surface area contributed by atoms with Gasteiger partial charge in [0.15, 0.2) is 5.96 Å². The summed E-state index contributed by atoms with van der Waals surface area (Å²) in [5.74, 6) is 0.508. The quantitative estimate of drug-likeness (QED) is 0.548. The highest BCUT2D eigenvalue weighted by atomic mass is 16.5. The molecule has 0 heterocycles. The van der Waals surface area contributed by atoms with Crippen molar-refractivity contribution in [1.29, 1.82) is 0 Å². The maximum absolute atomic E-state index is 5.63. The molecular weight excluding hydrogens is 230 g/mol. The molecule has 18 heavy (non-hydrogen) atoms. The Morgan fingerprint density at radius 3 is 2.44 bits per heavy atom. The van der Waals surface area contributed by atoms with E-state index >= 15 is 0 Å². The standard InChI is InChI=1S/C12H19N5O/c1-7(2)18-10-5-4-8(3)6-9(10)16-12(15)17-11(13)14/h4-7H,1-3H3,(H6,13,14,15,16,17).